The molecular weight excluding hydrogens is 188 g/mol. The van der Waals surface area contributed by atoms with E-state index in [1.807, 2.05) is 12.3 Å². The lowest BCUT2D eigenvalue weighted by Crippen LogP contribution is -2.15. The van der Waals surface area contributed by atoms with Crippen LogP contribution in [0.25, 0.3) is 0 Å². The SMILES string of the molecule is N=C(N)Cc1ccn(C2CCCCC2)n1. The number of amidine groups is 1. The zero-order chi connectivity index (χ0) is 10.7. The van der Waals surface area contributed by atoms with Crippen molar-refractivity contribution in [2.24, 2.45) is 5.73 Å². The molecule has 82 valence electrons. The number of aromatic nitrogens is 2. The van der Waals surface area contributed by atoms with E-state index in [-0.39, 0.29) is 5.84 Å². The van der Waals surface area contributed by atoms with Crippen molar-refractivity contribution in [1.29, 1.82) is 5.41 Å². The highest BCUT2D eigenvalue weighted by molar-refractivity contribution is 5.78. The largest absolute Gasteiger partial charge is 0.387 e. The van der Waals surface area contributed by atoms with Gasteiger partial charge in [-0.1, -0.05) is 19.3 Å². The van der Waals surface area contributed by atoms with Gasteiger partial charge in [-0.25, -0.2) is 0 Å². The van der Waals surface area contributed by atoms with Crippen LogP contribution in [0.4, 0.5) is 0 Å². The first-order valence-corrected chi connectivity index (χ1v) is 5.62. The molecule has 1 aromatic rings. The molecule has 0 atom stereocenters. The second-order valence-corrected chi connectivity index (χ2v) is 4.28. The van der Waals surface area contributed by atoms with Crippen LogP contribution >= 0.6 is 0 Å². The van der Waals surface area contributed by atoms with E-state index in [0.717, 1.165) is 5.69 Å². The Morgan fingerprint density at radius 3 is 2.87 bits per heavy atom. The fraction of sp³-hybridized carbons (Fsp3) is 0.636. The molecule has 1 fully saturated rings. The van der Waals surface area contributed by atoms with Crippen LogP contribution in [-0.4, -0.2) is 15.6 Å². The van der Waals surface area contributed by atoms with Crippen LogP contribution in [0.3, 0.4) is 0 Å². The van der Waals surface area contributed by atoms with Gasteiger partial charge in [0.05, 0.1) is 17.6 Å². The van der Waals surface area contributed by atoms with Crippen molar-refractivity contribution in [3.05, 3.63) is 18.0 Å². The Balaban J connectivity index is 2.02. The number of hydrogen-bond donors (Lipinski definition) is 2. The van der Waals surface area contributed by atoms with Gasteiger partial charge in [-0.3, -0.25) is 10.1 Å². The third-order valence-corrected chi connectivity index (χ3v) is 2.98. The van der Waals surface area contributed by atoms with Crippen LogP contribution in [0.5, 0.6) is 0 Å². The Morgan fingerprint density at radius 1 is 1.47 bits per heavy atom. The molecule has 3 N–H and O–H groups in total. The third kappa shape index (κ3) is 2.58. The lowest BCUT2D eigenvalue weighted by molar-refractivity contribution is 0.328. The van der Waals surface area contributed by atoms with Gasteiger partial charge < -0.3 is 5.73 Å². The molecule has 0 bridgehead atoms. The summed E-state index contributed by atoms with van der Waals surface area (Å²) in [5.41, 5.74) is 6.26. The first-order valence-electron chi connectivity index (χ1n) is 5.62. The van der Waals surface area contributed by atoms with Crippen molar-refractivity contribution >= 4 is 5.84 Å². The summed E-state index contributed by atoms with van der Waals surface area (Å²) in [6.07, 6.45) is 8.95. The number of nitrogens with one attached hydrogen (secondary N) is 1. The Hall–Kier alpha value is -1.32. The van der Waals surface area contributed by atoms with Gasteiger partial charge in [0.15, 0.2) is 0 Å². The fourth-order valence-corrected chi connectivity index (χ4v) is 2.22. The molecule has 0 spiro atoms. The summed E-state index contributed by atoms with van der Waals surface area (Å²) < 4.78 is 2.05. The molecule has 4 heteroatoms. The van der Waals surface area contributed by atoms with Gasteiger partial charge in [-0.15, -0.1) is 0 Å². The van der Waals surface area contributed by atoms with Crippen LogP contribution in [0.2, 0.25) is 0 Å². The van der Waals surface area contributed by atoms with E-state index in [9.17, 15) is 0 Å². The van der Waals surface area contributed by atoms with Gasteiger partial charge in [-0.2, -0.15) is 5.10 Å². The molecule has 15 heavy (non-hydrogen) atoms. The topological polar surface area (TPSA) is 67.7 Å². The van der Waals surface area contributed by atoms with E-state index in [2.05, 4.69) is 9.78 Å². The average Bonchev–Trinajstić information content (AvgIpc) is 2.67. The molecule has 0 aliphatic heterocycles. The fourth-order valence-electron chi connectivity index (χ4n) is 2.22. The minimum absolute atomic E-state index is 0.184. The van der Waals surface area contributed by atoms with E-state index in [0.29, 0.717) is 12.5 Å². The highest BCUT2D eigenvalue weighted by atomic mass is 15.3. The normalized spacial score (nSPS) is 17.9. The molecule has 0 radical (unpaired) electrons. The number of hydrogen-bond acceptors (Lipinski definition) is 2. The van der Waals surface area contributed by atoms with Crippen molar-refractivity contribution < 1.29 is 0 Å². The van der Waals surface area contributed by atoms with Crippen molar-refractivity contribution in [1.82, 2.24) is 9.78 Å². The maximum Gasteiger partial charge on any atom is 0.0966 e. The summed E-state index contributed by atoms with van der Waals surface area (Å²) in [6, 6.07) is 2.54. The van der Waals surface area contributed by atoms with E-state index >= 15 is 0 Å². The number of rotatable bonds is 3. The second kappa shape index (κ2) is 4.47. The molecule has 0 unspecified atom stereocenters. The lowest BCUT2D eigenvalue weighted by Gasteiger charge is -2.21. The highest BCUT2D eigenvalue weighted by Gasteiger charge is 2.15. The van der Waals surface area contributed by atoms with Gasteiger partial charge >= 0.3 is 0 Å². The summed E-state index contributed by atoms with van der Waals surface area (Å²) in [7, 11) is 0. The van der Waals surface area contributed by atoms with Crippen molar-refractivity contribution in [2.45, 2.75) is 44.6 Å². The maximum absolute atomic E-state index is 7.21. The van der Waals surface area contributed by atoms with Crippen molar-refractivity contribution in [2.75, 3.05) is 0 Å². The molecule has 4 nitrogen and oxygen atoms in total. The number of nitrogens with two attached hydrogens (primary N) is 1. The van der Waals surface area contributed by atoms with Crippen molar-refractivity contribution in [3.63, 3.8) is 0 Å². The quantitative estimate of drug-likeness (QED) is 0.585. The van der Waals surface area contributed by atoms with Crippen LogP contribution in [0.15, 0.2) is 12.3 Å². The summed E-state index contributed by atoms with van der Waals surface area (Å²) in [5, 5.41) is 11.7. The monoisotopic (exact) mass is 206 g/mol. The molecule has 1 heterocycles. The highest BCUT2D eigenvalue weighted by Crippen LogP contribution is 2.27. The molecular formula is C11H18N4. The molecule has 1 aliphatic carbocycles. The summed E-state index contributed by atoms with van der Waals surface area (Å²) in [4.78, 5) is 0. The van der Waals surface area contributed by atoms with Gasteiger partial charge in [0.25, 0.3) is 0 Å². The number of nitrogens with zero attached hydrogens (tertiary/aromatic N) is 2. The average molecular weight is 206 g/mol. The summed E-state index contributed by atoms with van der Waals surface area (Å²) in [6.45, 7) is 0. The minimum Gasteiger partial charge on any atom is -0.387 e. The molecule has 0 amide bonds. The van der Waals surface area contributed by atoms with Crippen LogP contribution in [0.1, 0.15) is 43.8 Å². The molecule has 1 aromatic heterocycles. The lowest BCUT2D eigenvalue weighted by atomic mass is 9.96. The van der Waals surface area contributed by atoms with Gasteiger partial charge in [0.1, 0.15) is 0 Å². The Bertz CT molecular complexity index is 336. The van der Waals surface area contributed by atoms with Crippen LogP contribution in [0, 0.1) is 5.41 Å². The molecule has 1 saturated carbocycles. The summed E-state index contributed by atoms with van der Waals surface area (Å²) >= 11 is 0. The molecule has 0 saturated heterocycles. The van der Waals surface area contributed by atoms with Crippen molar-refractivity contribution in [3.8, 4) is 0 Å². The first kappa shape index (κ1) is 10.2. The molecule has 0 aromatic carbocycles. The zero-order valence-corrected chi connectivity index (χ0v) is 8.95. The third-order valence-electron chi connectivity index (χ3n) is 2.98. The van der Waals surface area contributed by atoms with Gasteiger partial charge in [0.2, 0.25) is 0 Å². The predicted octanol–water partition coefficient (Wildman–Crippen LogP) is 1.87. The van der Waals surface area contributed by atoms with Crippen LogP contribution in [-0.2, 0) is 6.42 Å². The Kier molecular flexibility index (Phi) is 3.04. The predicted molar refractivity (Wildman–Crippen MR) is 60.0 cm³/mol. The van der Waals surface area contributed by atoms with E-state index in [1.165, 1.54) is 32.1 Å². The summed E-state index contributed by atoms with van der Waals surface area (Å²) in [5.74, 6) is 0.184. The first-order chi connectivity index (χ1) is 7.25. The maximum atomic E-state index is 7.21. The van der Waals surface area contributed by atoms with E-state index in [4.69, 9.17) is 11.1 Å². The zero-order valence-electron chi connectivity index (χ0n) is 8.95. The second-order valence-electron chi connectivity index (χ2n) is 4.28. The van der Waals surface area contributed by atoms with Gasteiger partial charge in [0, 0.05) is 12.6 Å². The van der Waals surface area contributed by atoms with Crippen LogP contribution < -0.4 is 5.73 Å². The standard InChI is InChI=1S/C11H18N4/c12-11(13)8-9-6-7-15(14-9)10-4-2-1-3-5-10/h6-7,10H,1-5,8H2,(H3,12,13). The van der Waals surface area contributed by atoms with Gasteiger partial charge in [-0.05, 0) is 18.9 Å². The van der Waals surface area contributed by atoms with E-state index in [1.54, 1.807) is 0 Å². The molecule has 2 rings (SSSR count). The smallest absolute Gasteiger partial charge is 0.0966 e. The minimum atomic E-state index is 0.184. The Morgan fingerprint density at radius 2 is 2.20 bits per heavy atom. The molecule has 1 aliphatic rings. The Labute approximate surface area is 90.0 Å². The van der Waals surface area contributed by atoms with E-state index < -0.39 is 0 Å².